The van der Waals surface area contributed by atoms with Crippen LogP contribution in [-0.4, -0.2) is 61.1 Å². The first-order valence-corrected chi connectivity index (χ1v) is 12.5. The monoisotopic (exact) mass is 605 g/mol. The third-order valence-electron chi connectivity index (χ3n) is 6.27. The largest absolute Gasteiger partial charge is 0.542 e. The number of carbonyl (C=O) groups is 2. The molecule has 0 aliphatic carbocycles. The molecule has 0 atom stereocenters. The van der Waals surface area contributed by atoms with Gasteiger partial charge in [0.15, 0.2) is 12.3 Å². The van der Waals surface area contributed by atoms with Gasteiger partial charge >= 0.3 is 18.3 Å². The number of nitrogens with zero attached hydrogens (tertiary/aromatic N) is 4. The van der Waals surface area contributed by atoms with Gasteiger partial charge in [-0.2, -0.15) is 30.7 Å². The van der Waals surface area contributed by atoms with Crippen LogP contribution in [0.2, 0.25) is 0 Å². The van der Waals surface area contributed by atoms with Crippen molar-refractivity contribution in [2.24, 2.45) is 0 Å². The molecule has 2 N–H and O–H groups in total. The summed E-state index contributed by atoms with van der Waals surface area (Å²) in [5.74, 6) is -2.69. The SMILES string of the molecule is COc1c(N2CCOCC2)cc(C(=O)Cn2nc(N)[n+]3cc(C(F)(F)F)ccc23)cc1C(C)(C)C.O=C([O-])C(F)(F)F. The van der Waals surface area contributed by atoms with Gasteiger partial charge in [-0.1, -0.05) is 20.8 Å². The van der Waals surface area contributed by atoms with Crippen molar-refractivity contribution in [2.45, 2.75) is 45.1 Å². The van der Waals surface area contributed by atoms with Crippen molar-refractivity contribution in [2.75, 3.05) is 44.0 Å². The Balaban J connectivity index is 0.000000616. The molecule has 1 saturated heterocycles. The van der Waals surface area contributed by atoms with Crippen molar-refractivity contribution in [3.05, 3.63) is 47.2 Å². The number of hydrogen-bond acceptors (Lipinski definition) is 8. The van der Waals surface area contributed by atoms with Crippen LogP contribution in [0.3, 0.4) is 0 Å². The molecule has 4 rings (SSSR count). The molecule has 0 unspecified atom stereocenters. The lowest BCUT2D eigenvalue weighted by molar-refractivity contribution is -0.498. The van der Waals surface area contributed by atoms with E-state index in [2.05, 4.69) is 10.00 Å². The summed E-state index contributed by atoms with van der Waals surface area (Å²) in [6.07, 6.45) is -8.84. The lowest BCUT2D eigenvalue weighted by atomic mass is 9.84. The molecule has 0 bridgehead atoms. The fraction of sp³-hybridized carbons (Fsp3) is 0.462. The van der Waals surface area contributed by atoms with Gasteiger partial charge in [0, 0.05) is 35.4 Å². The number of hydrogen-bond donors (Lipinski definition) is 1. The van der Waals surface area contributed by atoms with Gasteiger partial charge in [-0.05, 0) is 23.6 Å². The second kappa shape index (κ2) is 12.0. The van der Waals surface area contributed by atoms with E-state index in [1.165, 1.54) is 10.7 Å². The van der Waals surface area contributed by atoms with Crippen molar-refractivity contribution in [1.82, 2.24) is 9.78 Å². The summed E-state index contributed by atoms with van der Waals surface area (Å²) in [5.41, 5.74) is 7.11. The maximum atomic E-state index is 13.4. The molecule has 0 spiro atoms. The Bertz CT molecular complexity index is 1460. The Kier molecular flexibility index (Phi) is 9.29. The van der Waals surface area contributed by atoms with Crippen LogP contribution in [0.25, 0.3) is 5.65 Å². The van der Waals surface area contributed by atoms with Crippen LogP contribution in [-0.2, 0) is 27.7 Å². The molecule has 42 heavy (non-hydrogen) atoms. The number of morpholine rings is 1. The Labute approximate surface area is 236 Å². The van der Waals surface area contributed by atoms with Crippen LogP contribution in [0.5, 0.6) is 5.75 Å². The van der Waals surface area contributed by atoms with Gasteiger partial charge in [-0.3, -0.25) is 4.79 Å². The third-order valence-corrected chi connectivity index (χ3v) is 6.27. The van der Waals surface area contributed by atoms with Crippen molar-refractivity contribution >= 4 is 29.0 Å². The number of ether oxygens (including phenoxy) is 2. The number of carboxylic acids is 1. The normalized spacial score (nSPS) is 14.4. The predicted octanol–water partition coefficient (Wildman–Crippen LogP) is 2.55. The van der Waals surface area contributed by atoms with E-state index in [1.54, 1.807) is 13.2 Å². The van der Waals surface area contributed by atoms with E-state index in [0.29, 0.717) is 37.6 Å². The Morgan fingerprint density at radius 2 is 1.69 bits per heavy atom. The molecular formula is C26H29F6N5O5. The first-order valence-electron chi connectivity index (χ1n) is 12.5. The molecule has 0 amide bonds. The Hall–Kier alpha value is -4.08. The average molecular weight is 606 g/mol. The average Bonchev–Trinajstić information content (AvgIpc) is 3.21. The van der Waals surface area contributed by atoms with Crippen molar-refractivity contribution < 1.29 is 54.9 Å². The quantitative estimate of drug-likeness (QED) is 0.267. The number of carbonyl (C=O) groups excluding carboxylic acids is 2. The summed E-state index contributed by atoms with van der Waals surface area (Å²) in [6.45, 7) is 8.40. The number of aromatic nitrogens is 3. The summed E-state index contributed by atoms with van der Waals surface area (Å²) in [7, 11) is 1.61. The van der Waals surface area contributed by atoms with Crippen LogP contribution in [0.4, 0.5) is 38.0 Å². The van der Waals surface area contributed by atoms with E-state index < -0.39 is 23.9 Å². The number of nitrogens with two attached hydrogens (primary N) is 1. The Morgan fingerprint density at radius 3 is 2.19 bits per heavy atom. The molecule has 1 aliphatic rings. The van der Waals surface area contributed by atoms with Gasteiger partial charge in [0.05, 0.1) is 37.8 Å². The lowest BCUT2D eigenvalue weighted by Gasteiger charge is -2.33. The molecule has 3 heterocycles. The highest BCUT2D eigenvalue weighted by atomic mass is 19.4. The first-order chi connectivity index (χ1) is 19.3. The summed E-state index contributed by atoms with van der Waals surface area (Å²) in [6, 6.07) is 5.81. The van der Waals surface area contributed by atoms with Crippen LogP contribution >= 0.6 is 0 Å². The van der Waals surface area contributed by atoms with Crippen LogP contribution in [0.1, 0.15) is 42.3 Å². The minimum absolute atomic E-state index is 0.141. The topological polar surface area (TPSA) is 127 Å². The highest BCUT2D eigenvalue weighted by Gasteiger charge is 2.33. The third kappa shape index (κ3) is 7.40. The molecule has 230 valence electrons. The number of rotatable bonds is 5. The number of carboxylic acid groups (broad SMARTS) is 1. The van der Waals surface area contributed by atoms with E-state index in [0.717, 1.165) is 27.9 Å². The second-order valence-corrected chi connectivity index (χ2v) is 10.3. The number of ketones is 1. The number of anilines is 2. The molecular weight excluding hydrogens is 576 g/mol. The van der Waals surface area contributed by atoms with E-state index in [4.69, 9.17) is 25.1 Å². The highest BCUT2D eigenvalue weighted by molar-refractivity contribution is 5.98. The van der Waals surface area contributed by atoms with Gasteiger partial charge in [0.25, 0.3) is 0 Å². The van der Waals surface area contributed by atoms with Crippen molar-refractivity contribution in [3.63, 3.8) is 0 Å². The number of fused-ring (bicyclic) bond motifs is 1. The Morgan fingerprint density at radius 1 is 1.10 bits per heavy atom. The molecule has 16 heteroatoms. The van der Waals surface area contributed by atoms with Gasteiger partial charge in [-0.25, -0.2) is 0 Å². The van der Waals surface area contributed by atoms with Crippen LogP contribution in [0.15, 0.2) is 30.5 Å². The fourth-order valence-corrected chi connectivity index (χ4v) is 4.21. The number of methoxy groups -OCH3 is 1. The van der Waals surface area contributed by atoms with Gasteiger partial charge in [0.1, 0.15) is 11.7 Å². The van der Waals surface area contributed by atoms with Crippen molar-refractivity contribution in [3.8, 4) is 5.75 Å². The number of halogens is 6. The summed E-state index contributed by atoms with van der Waals surface area (Å²) < 4.78 is 84.6. The predicted molar refractivity (Wildman–Crippen MR) is 135 cm³/mol. The smallest absolute Gasteiger partial charge is 0.430 e. The maximum Gasteiger partial charge on any atom is 0.430 e. The van der Waals surface area contributed by atoms with E-state index in [1.807, 2.05) is 26.8 Å². The molecule has 0 radical (unpaired) electrons. The minimum Gasteiger partial charge on any atom is -0.542 e. The number of aliphatic carboxylic acids is 1. The fourth-order valence-electron chi connectivity index (χ4n) is 4.21. The highest BCUT2D eigenvalue weighted by Crippen LogP contribution is 2.40. The van der Waals surface area contributed by atoms with Gasteiger partial charge in [0.2, 0.25) is 5.65 Å². The second-order valence-electron chi connectivity index (χ2n) is 10.3. The van der Waals surface area contributed by atoms with Crippen molar-refractivity contribution in [1.29, 1.82) is 0 Å². The number of pyridine rings is 1. The molecule has 1 aromatic carbocycles. The summed E-state index contributed by atoms with van der Waals surface area (Å²) >= 11 is 0. The molecule has 10 nitrogen and oxygen atoms in total. The number of Topliss-reactive ketones (excluding diaryl/α,β-unsaturated/α-hetero) is 1. The lowest BCUT2D eigenvalue weighted by Crippen LogP contribution is -2.37. The first kappa shape index (κ1) is 32.4. The summed E-state index contributed by atoms with van der Waals surface area (Å²) in [4.78, 5) is 24.3. The van der Waals surface area contributed by atoms with E-state index in [9.17, 15) is 31.1 Å². The van der Waals surface area contributed by atoms with E-state index >= 15 is 0 Å². The number of benzene rings is 1. The van der Waals surface area contributed by atoms with Crippen LogP contribution < -0.4 is 24.9 Å². The molecule has 1 fully saturated rings. The van der Waals surface area contributed by atoms with Gasteiger partial charge < -0.3 is 30.0 Å². The zero-order chi connectivity index (χ0) is 31.6. The number of alkyl halides is 6. The number of nitrogen functional groups attached to an aromatic ring is 1. The summed E-state index contributed by atoms with van der Waals surface area (Å²) in [5, 5.41) is 12.9. The van der Waals surface area contributed by atoms with Crippen LogP contribution in [0, 0.1) is 0 Å². The minimum atomic E-state index is -5.19. The molecule has 3 aromatic rings. The molecule has 0 saturated carbocycles. The zero-order valence-corrected chi connectivity index (χ0v) is 23.1. The van der Waals surface area contributed by atoms with E-state index in [-0.39, 0.29) is 29.3 Å². The maximum absolute atomic E-state index is 13.4. The van der Waals surface area contributed by atoms with Gasteiger partial charge in [-0.15, -0.1) is 4.68 Å². The zero-order valence-electron chi connectivity index (χ0n) is 23.1. The standard InChI is InChI=1S/C24H29F3N5O3.C2HF3O2/c1-23(2,3)17-11-15(12-18(21(17)34-4)30-7-9-35-10-8-30)19(33)14-32-20-6-5-16(24(25,26)27)13-31(20)22(28)29-32;3-2(4,5)1(6)7/h5-6,11-13H,7-10,14H2,1-4H3,(H2,28,29);(H,6,7)/q+1;/p-1. The molecule has 1 aliphatic heterocycles. The molecule has 2 aromatic heterocycles.